The fraction of sp³-hybridized carbons (Fsp3) is 0.929. The van der Waals surface area contributed by atoms with E-state index in [9.17, 15) is 18.3 Å². The van der Waals surface area contributed by atoms with Gasteiger partial charge in [0.2, 0.25) is 10.0 Å². The Morgan fingerprint density at radius 3 is 2.24 bits per heavy atom. The van der Waals surface area contributed by atoms with E-state index < -0.39 is 26.7 Å². The second kappa shape index (κ2) is 7.07. The Morgan fingerprint density at radius 1 is 1.14 bits per heavy atom. The normalized spacial score (nSPS) is 24.4. The number of aliphatic carboxylic acids is 1. The highest BCUT2D eigenvalue weighted by atomic mass is 32.2. The van der Waals surface area contributed by atoms with Gasteiger partial charge in [0.1, 0.15) is 0 Å². The zero-order chi connectivity index (χ0) is 15.3. The van der Waals surface area contributed by atoms with Gasteiger partial charge in [-0.1, -0.05) is 25.7 Å². The quantitative estimate of drug-likeness (QED) is 0.749. The van der Waals surface area contributed by atoms with E-state index in [1.54, 1.807) is 0 Å². The van der Waals surface area contributed by atoms with E-state index in [-0.39, 0.29) is 6.54 Å². The Bertz CT molecular complexity index is 448. The lowest BCUT2D eigenvalue weighted by atomic mass is 9.80. The third-order valence-electron chi connectivity index (χ3n) is 4.73. The van der Waals surface area contributed by atoms with E-state index in [4.69, 9.17) is 4.74 Å². The molecule has 1 heterocycles. The average Bonchev–Trinajstić information content (AvgIpc) is 2.73. The van der Waals surface area contributed by atoms with Crippen molar-refractivity contribution in [2.45, 2.75) is 56.6 Å². The van der Waals surface area contributed by atoms with Gasteiger partial charge in [-0.3, -0.25) is 4.79 Å². The Labute approximate surface area is 126 Å². The van der Waals surface area contributed by atoms with Crippen LogP contribution in [-0.2, 0) is 19.6 Å². The lowest BCUT2D eigenvalue weighted by Crippen LogP contribution is -2.46. The molecule has 2 fully saturated rings. The molecule has 1 aliphatic heterocycles. The minimum atomic E-state index is -3.46. The van der Waals surface area contributed by atoms with Gasteiger partial charge in [-0.25, -0.2) is 13.1 Å². The van der Waals surface area contributed by atoms with Gasteiger partial charge in [-0.2, -0.15) is 0 Å². The number of carboxylic acid groups (broad SMARTS) is 1. The molecule has 2 rings (SSSR count). The van der Waals surface area contributed by atoms with Crippen LogP contribution in [0.5, 0.6) is 0 Å². The molecule has 0 amide bonds. The van der Waals surface area contributed by atoms with Crippen molar-refractivity contribution in [3.8, 4) is 0 Å². The van der Waals surface area contributed by atoms with Crippen LogP contribution in [0.4, 0.5) is 0 Å². The molecule has 1 aliphatic carbocycles. The summed E-state index contributed by atoms with van der Waals surface area (Å²) in [5.41, 5.74) is -0.936. The standard InChI is InChI=1S/C14H25NO5S/c16-13(17)14(7-3-1-2-4-8-14)11-15-21(18,19)12-5-9-20-10-6-12/h12,15H,1-11H2,(H,16,17). The van der Waals surface area contributed by atoms with Gasteiger partial charge in [-0.15, -0.1) is 0 Å². The van der Waals surface area contributed by atoms with Gasteiger partial charge in [0, 0.05) is 19.8 Å². The molecule has 0 bridgehead atoms. The number of rotatable bonds is 5. The molecule has 122 valence electrons. The van der Waals surface area contributed by atoms with Crippen molar-refractivity contribution in [3.63, 3.8) is 0 Å². The van der Waals surface area contributed by atoms with E-state index in [2.05, 4.69) is 4.72 Å². The maximum absolute atomic E-state index is 12.3. The Hall–Kier alpha value is -0.660. The molecule has 0 atom stereocenters. The zero-order valence-corrected chi connectivity index (χ0v) is 13.2. The van der Waals surface area contributed by atoms with Crippen molar-refractivity contribution in [2.24, 2.45) is 5.41 Å². The number of hydrogen-bond acceptors (Lipinski definition) is 4. The predicted octanol–water partition coefficient (Wildman–Crippen LogP) is 1.51. The van der Waals surface area contributed by atoms with E-state index in [1.165, 1.54) is 0 Å². The zero-order valence-electron chi connectivity index (χ0n) is 12.3. The van der Waals surface area contributed by atoms with Crippen molar-refractivity contribution in [1.29, 1.82) is 0 Å². The van der Waals surface area contributed by atoms with Crippen molar-refractivity contribution in [1.82, 2.24) is 4.72 Å². The average molecular weight is 319 g/mol. The number of sulfonamides is 1. The van der Waals surface area contributed by atoms with Crippen LogP contribution in [0.1, 0.15) is 51.4 Å². The van der Waals surface area contributed by atoms with Crippen molar-refractivity contribution in [3.05, 3.63) is 0 Å². The first kappa shape index (κ1) is 16.7. The first-order valence-electron chi connectivity index (χ1n) is 7.76. The molecule has 1 saturated carbocycles. The molecular formula is C14H25NO5S. The van der Waals surface area contributed by atoms with Gasteiger partial charge in [-0.05, 0) is 25.7 Å². The van der Waals surface area contributed by atoms with Gasteiger partial charge in [0.05, 0.1) is 10.7 Å². The predicted molar refractivity (Wildman–Crippen MR) is 78.5 cm³/mol. The van der Waals surface area contributed by atoms with Crippen LogP contribution < -0.4 is 4.72 Å². The molecule has 0 radical (unpaired) electrons. The molecule has 0 aromatic carbocycles. The van der Waals surface area contributed by atoms with Gasteiger partial charge in [0.25, 0.3) is 0 Å². The minimum Gasteiger partial charge on any atom is -0.481 e. The molecule has 2 N–H and O–H groups in total. The van der Waals surface area contributed by atoms with E-state index in [1.807, 2.05) is 0 Å². The number of carbonyl (C=O) groups is 1. The SMILES string of the molecule is O=C(O)C1(CNS(=O)(=O)C2CCOCC2)CCCCCC1. The maximum atomic E-state index is 12.3. The maximum Gasteiger partial charge on any atom is 0.310 e. The van der Waals surface area contributed by atoms with E-state index in [0.717, 1.165) is 25.7 Å². The number of nitrogens with one attached hydrogen (secondary N) is 1. The molecule has 21 heavy (non-hydrogen) atoms. The summed E-state index contributed by atoms with van der Waals surface area (Å²) in [7, 11) is -3.46. The molecule has 0 aromatic rings. The second-order valence-electron chi connectivity index (χ2n) is 6.18. The summed E-state index contributed by atoms with van der Waals surface area (Å²) in [4.78, 5) is 11.7. The number of ether oxygens (including phenoxy) is 1. The summed E-state index contributed by atoms with van der Waals surface area (Å²) in [5, 5.41) is 9.11. The molecular weight excluding hydrogens is 294 g/mol. The van der Waals surface area contributed by atoms with Crippen molar-refractivity contribution in [2.75, 3.05) is 19.8 Å². The summed E-state index contributed by atoms with van der Waals surface area (Å²) in [6.45, 7) is 0.924. The smallest absolute Gasteiger partial charge is 0.310 e. The summed E-state index contributed by atoms with van der Waals surface area (Å²) < 4.78 is 32.4. The third kappa shape index (κ3) is 4.17. The summed E-state index contributed by atoms with van der Waals surface area (Å²) in [6.07, 6.45) is 5.84. The third-order valence-corrected chi connectivity index (χ3v) is 6.63. The van der Waals surface area contributed by atoms with Gasteiger partial charge in [0.15, 0.2) is 0 Å². The van der Waals surface area contributed by atoms with Crippen LogP contribution >= 0.6 is 0 Å². The fourth-order valence-electron chi connectivity index (χ4n) is 3.21. The van der Waals surface area contributed by atoms with Crippen LogP contribution in [-0.4, -0.2) is 44.5 Å². The van der Waals surface area contributed by atoms with Crippen LogP contribution in [0.25, 0.3) is 0 Å². The molecule has 1 saturated heterocycles. The monoisotopic (exact) mass is 319 g/mol. The highest BCUT2D eigenvalue weighted by Crippen LogP contribution is 2.35. The van der Waals surface area contributed by atoms with Crippen molar-refractivity contribution >= 4 is 16.0 Å². The van der Waals surface area contributed by atoms with Gasteiger partial charge >= 0.3 is 5.97 Å². The molecule has 2 aliphatic rings. The molecule has 0 unspecified atom stereocenters. The van der Waals surface area contributed by atoms with Crippen LogP contribution in [0.3, 0.4) is 0 Å². The Kier molecular flexibility index (Phi) is 5.62. The Balaban J connectivity index is 2.02. The van der Waals surface area contributed by atoms with Gasteiger partial charge < -0.3 is 9.84 Å². The van der Waals surface area contributed by atoms with E-state index >= 15 is 0 Å². The lowest BCUT2D eigenvalue weighted by Gasteiger charge is -2.30. The molecule has 0 spiro atoms. The van der Waals surface area contributed by atoms with Crippen LogP contribution in [0, 0.1) is 5.41 Å². The topological polar surface area (TPSA) is 92.7 Å². The van der Waals surface area contributed by atoms with E-state index in [0.29, 0.717) is 38.9 Å². The lowest BCUT2D eigenvalue weighted by molar-refractivity contribution is -0.149. The highest BCUT2D eigenvalue weighted by Gasteiger charge is 2.40. The fourth-order valence-corrected chi connectivity index (χ4v) is 4.74. The molecule has 0 aromatic heterocycles. The summed E-state index contributed by atoms with van der Waals surface area (Å²) in [6, 6.07) is 0. The number of hydrogen-bond donors (Lipinski definition) is 2. The summed E-state index contributed by atoms with van der Waals surface area (Å²) in [5.74, 6) is -0.876. The molecule has 7 heteroatoms. The highest BCUT2D eigenvalue weighted by molar-refractivity contribution is 7.90. The minimum absolute atomic E-state index is 0.0159. The first-order chi connectivity index (χ1) is 9.96. The summed E-state index contributed by atoms with van der Waals surface area (Å²) >= 11 is 0. The first-order valence-corrected chi connectivity index (χ1v) is 9.31. The molecule has 6 nitrogen and oxygen atoms in total. The Morgan fingerprint density at radius 2 is 1.71 bits per heavy atom. The second-order valence-corrected chi connectivity index (χ2v) is 8.22. The largest absolute Gasteiger partial charge is 0.481 e. The number of carboxylic acids is 1. The van der Waals surface area contributed by atoms with Crippen molar-refractivity contribution < 1.29 is 23.1 Å². The van der Waals surface area contributed by atoms with Crippen LogP contribution in [0.15, 0.2) is 0 Å². The van der Waals surface area contributed by atoms with Crippen LogP contribution in [0.2, 0.25) is 0 Å².